The van der Waals surface area contributed by atoms with Crippen molar-refractivity contribution >= 4 is 29.6 Å². The highest BCUT2D eigenvalue weighted by Crippen LogP contribution is 2.11. The number of carboxylic acid groups (broad SMARTS) is 1. The quantitative estimate of drug-likeness (QED) is 0.123. The molecule has 2 aromatic rings. The second-order valence-corrected chi connectivity index (χ2v) is 10.3. The zero-order chi connectivity index (χ0) is 31.2. The predicted molar refractivity (Wildman–Crippen MR) is 153 cm³/mol. The Morgan fingerprint density at radius 1 is 0.762 bits per heavy atom. The molecule has 228 valence electrons. The van der Waals surface area contributed by atoms with Crippen LogP contribution in [0.15, 0.2) is 54.6 Å². The SMILES string of the molecule is CC(C)C[C@H](NC(=O)[C@H](Cc1ccccc1)NC(=O)[C@H](CO)NC(=O)CNC(=O)[C@@H](N)Cc1ccc(O)cc1)C(=O)O. The fourth-order valence-corrected chi connectivity index (χ4v) is 4.01. The predicted octanol–water partition coefficient (Wildman–Crippen LogP) is -0.802. The second kappa shape index (κ2) is 16.7. The van der Waals surface area contributed by atoms with Crippen LogP contribution in [0.2, 0.25) is 0 Å². The Balaban J connectivity index is 2.00. The molecule has 42 heavy (non-hydrogen) atoms. The number of hydrogen-bond donors (Lipinski definition) is 8. The van der Waals surface area contributed by atoms with E-state index in [2.05, 4.69) is 21.3 Å². The van der Waals surface area contributed by atoms with Crippen molar-refractivity contribution in [3.05, 3.63) is 65.7 Å². The van der Waals surface area contributed by atoms with Crippen molar-refractivity contribution in [3.8, 4) is 5.75 Å². The maximum absolute atomic E-state index is 13.1. The largest absolute Gasteiger partial charge is 0.508 e. The lowest BCUT2D eigenvalue weighted by atomic mass is 10.0. The molecule has 9 N–H and O–H groups in total. The lowest BCUT2D eigenvalue weighted by Gasteiger charge is -2.24. The highest BCUT2D eigenvalue weighted by molar-refractivity contribution is 5.94. The van der Waals surface area contributed by atoms with E-state index in [-0.39, 0.29) is 30.9 Å². The maximum Gasteiger partial charge on any atom is 0.326 e. The van der Waals surface area contributed by atoms with Gasteiger partial charge >= 0.3 is 5.97 Å². The molecule has 0 bridgehead atoms. The van der Waals surface area contributed by atoms with E-state index in [0.29, 0.717) is 11.1 Å². The van der Waals surface area contributed by atoms with Crippen molar-refractivity contribution in [2.24, 2.45) is 11.7 Å². The molecule has 0 aliphatic carbocycles. The Morgan fingerprint density at radius 2 is 1.33 bits per heavy atom. The van der Waals surface area contributed by atoms with Crippen molar-refractivity contribution in [1.82, 2.24) is 21.3 Å². The molecule has 0 aliphatic heterocycles. The van der Waals surface area contributed by atoms with Crippen molar-refractivity contribution < 1.29 is 39.3 Å². The molecule has 0 fully saturated rings. The zero-order valence-electron chi connectivity index (χ0n) is 23.6. The first-order chi connectivity index (χ1) is 19.9. The Bertz CT molecular complexity index is 1210. The van der Waals surface area contributed by atoms with Gasteiger partial charge in [0.2, 0.25) is 23.6 Å². The standard InChI is InChI=1S/C29H39N5O8/c1-17(2)12-23(29(41)42)34-27(39)22(14-18-6-4-3-5-7-18)33-28(40)24(16-35)32-25(37)15-31-26(38)21(30)13-19-8-10-20(36)11-9-19/h3-11,17,21-24,35-36H,12-16,30H2,1-2H3,(H,31,38)(H,32,37)(H,33,40)(H,34,39)(H,41,42)/t21-,22-,23-,24-/m0/s1. The number of aliphatic carboxylic acids is 1. The van der Waals surface area contributed by atoms with E-state index in [9.17, 15) is 39.3 Å². The van der Waals surface area contributed by atoms with Gasteiger partial charge in [-0.05, 0) is 42.0 Å². The van der Waals surface area contributed by atoms with Gasteiger partial charge in [0.05, 0.1) is 19.2 Å². The Labute approximate surface area is 243 Å². The van der Waals surface area contributed by atoms with Gasteiger partial charge in [0.15, 0.2) is 0 Å². The second-order valence-electron chi connectivity index (χ2n) is 10.3. The summed E-state index contributed by atoms with van der Waals surface area (Å²) in [6.45, 7) is 2.28. The highest BCUT2D eigenvalue weighted by Gasteiger charge is 2.30. The smallest absolute Gasteiger partial charge is 0.326 e. The molecule has 0 radical (unpaired) electrons. The van der Waals surface area contributed by atoms with E-state index in [1.54, 1.807) is 42.5 Å². The molecule has 13 heteroatoms. The van der Waals surface area contributed by atoms with E-state index in [0.717, 1.165) is 0 Å². The molecule has 2 rings (SSSR count). The average molecular weight is 586 g/mol. The van der Waals surface area contributed by atoms with Gasteiger partial charge in [0.1, 0.15) is 23.9 Å². The first kappa shape index (κ1) is 33.7. The summed E-state index contributed by atoms with van der Waals surface area (Å²) in [4.78, 5) is 62.5. The Hall–Kier alpha value is -4.49. The molecule has 2 aromatic carbocycles. The fourth-order valence-electron chi connectivity index (χ4n) is 4.01. The lowest BCUT2D eigenvalue weighted by Crippen LogP contribution is -2.58. The van der Waals surface area contributed by atoms with Crippen LogP contribution in [0.25, 0.3) is 0 Å². The van der Waals surface area contributed by atoms with Crippen molar-refractivity contribution in [2.45, 2.75) is 57.3 Å². The summed E-state index contributed by atoms with van der Waals surface area (Å²) < 4.78 is 0. The number of aliphatic hydroxyl groups is 1. The number of nitrogens with two attached hydrogens (primary N) is 1. The van der Waals surface area contributed by atoms with Crippen LogP contribution in [0.1, 0.15) is 31.4 Å². The van der Waals surface area contributed by atoms with E-state index in [4.69, 9.17) is 5.73 Å². The molecule has 0 spiro atoms. The lowest BCUT2D eigenvalue weighted by molar-refractivity contribution is -0.142. The van der Waals surface area contributed by atoms with Crippen LogP contribution in [0.4, 0.5) is 0 Å². The van der Waals surface area contributed by atoms with Crippen LogP contribution >= 0.6 is 0 Å². The molecular weight excluding hydrogens is 546 g/mol. The van der Waals surface area contributed by atoms with Crippen LogP contribution in [-0.2, 0) is 36.8 Å². The minimum Gasteiger partial charge on any atom is -0.508 e. The summed E-state index contributed by atoms with van der Waals surface area (Å²) in [6, 6.07) is 10.0. The zero-order valence-corrected chi connectivity index (χ0v) is 23.6. The van der Waals surface area contributed by atoms with Gasteiger partial charge in [0.25, 0.3) is 0 Å². The molecule has 0 unspecified atom stereocenters. The fraction of sp³-hybridized carbons (Fsp3) is 0.414. The Kier molecular flexibility index (Phi) is 13.4. The summed E-state index contributed by atoms with van der Waals surface area (Å²) in [5, 5.41) is 38.3. The Morgan fingerprint density at radius 3 is 1.90 bits per heavy atom. The van der Waals surface area contributed by atoms with Gasteiger partial charge in [-0.1, -0.05) is 56.3 Å². The van der Waals surface area contributed by atoms with Gasteiger partial charge in [-0.3, -0.25) is 19.2 Å². The maximum atomic E-state index is 13.1. The summed E-state index contributed by atoms with van der Waals surface area (Å²) in [7, 11) is 0. The van der Waals surface area contributed by atoms with E-state index < -0.39 is 66.9 Å². The van der Waals surface area contributed by atoms with Crippen molar-refractivity contribution in [2.75, 3.05) is 13.2 Å². The minimum atomic E-state index is -1.46. The molecule has 4 atom stereocenters. The normalized spacial score (nSPS) is 13.7. The number of rotatable bonds is 16. The first-order valence-electron chi connectivity index (χ1n) is 13.5. The first-order valence-corrected chi connectivity index (χ1v) is 13.5. The average Bonchev–Trinajstić information content (AvgIpc) is 2.95. The number of carbonyl (C=O) groups is 5. The number of carboxylic acids is 1. The highest BCUT2D eigenvalue weighted by atomic mass is 16.4. The van der Waals surface area contributed by atoms with Crippen molar-refractivity contribution in [1.29, 1.82) is 0 Å². The van der Waals surface area contributed by atoms with Crippen LogP contribution < -0.4 is 27.0 Å². The van der Waals surface area contributed by atoms with E-state index >= 15 is 0 Å². The van der Waals surface area contributed by atoms with E-state index in [1.807, 2.05) is 13.8 Å². The number of aromatic hydroxyl groups is 1. The van der Waals surface area contributed by atoms with Crippen LogP contribution in [0.3, 0.4) is 0 Å². The summed E-state index contributed by atoms with van der Waals surface area (Å²) in [6.07, 6.45) is 0.348. The monoisotopic (exact) mass is 585 g/mol. The van der Waals surface area contributed by atoms with Crippen molar-refractivity contribution in [3.63, 3.8) is 0 Å². The summed E-state index contributed by atoms with van der Waals surface area (Å²) >= 11 is 0. The third kappa shape index (κ3) is 11.6. The van der Waals surface area contributed by atoms with Gasteiger partial charge in [-0.25, -0.2) is 4.79 Å². The number of amides is 4. The number of carbonyl (C=O) groups excluding carboxylic acids is 4. The number of benzene rings is 2. The molecule has 0 saturated heterocycles. The molecule has 4 amide bonds. The molecule has 13 nitrogen and oxygen atoms in total. The summed E-state index contributed by atoms with van der Waals surface area (Å²) in [5.41, 5.74) is 7.27. The van der Waals surface area contributed by atoms with Gasteiger partial charge in [0, 0.05) is 6.42 Å². The summed E-state index contributed by atoms with van der Waals surface area (Å²) in [5.74, 6) is -4.21. The number of phenols is 1. The number of phenolic OH excluding ortho intramolecular Hbond substituents is 1. The minimum absolute atomic E-state index is 0.0213. The molecule has 0 aliphatic rings. The van der Waals surface area contributed by atoms with Crippen LogP contribution in [0.5, 0.6) is 5.75 Å². The number of hydrogen-bond acceptors (Lipinski definition) is 8. The third-order valence-corrected chi connectivity index (χ3v) is 6.22. The van der Waals surface area contributed by atoms with Gasteiger partial charge in [-0.2, -0.15) is 0 Å². The third-order valence-electron chi connectivity index (χ3n) is 6.22. The van der Waals surface area contributed by atoms with Crippen LogP contribution in [0, 0.1) is 5.92 Å². The van der Waals surface area contributed by atoms with Crippen LogP contribution in [-0.4, -0.2) is 82.2 Å². The molecule has 0 heterocycles. The molecular formula is C29H39N5O8. The van der Waals surface area contributed by atoms with Gasteiger partial charge in [-0.15, -0.1) is 0 Å². The molecule has 0 saturated carbocycles. The number of aliphatic hydroxyl groups excluding tert-OH is 1. The topological polar surface area (TPSA) is 220 Å². The number of nitrogens with one attached hydrogen (secondary N) is 4. The molecule has 0 aromatic heterocycles. The van der Waals surface area contributed by atoms with E-state index in [1.165, 1.54) is 12.1 Å². The van der Waals surface area contributed by atoms with Gasteiger partial charge < -0.3 is 42.3 Å².